The van der Waals surface area contributed by atoms with E-state index in [0.29, 0.717) is 15.0 Å². The number of aromatic nitrogens is 2. The van der Waals surface area contributed by atoms with E-state index in [1.807, 2.05) is 22.6 Å². The first-order chi connectivity index (χ1) is 8.49. The first kappa shape index (κ1) is 12.7. The van der Waals surface area contributed by atoms with Gasteiger partial charge in [-0.25, -0.2) is 4.98 Å². The van der Waals surface area contributed by atoms with Crippen LogP contribution in [0, 0.1) is 20.6 Å². The molecule has 1 heterocycles. The molecule has 0 amide bonds. The zero-order valence-electron chi connectivity index (χ0n) is 9.31. The number of nitrogens with one attached hydrogen (secondary N) is 1. The lowest BCUT2D eigenvalue weighted by molar-refractivity contribution is -0.384. The second-order valence-corrected chi connectivity index (χ2v) is 4.83. The zero-order valence-corrected chi connectivity index (χ0v) is 11.5. The second-order valence-electron chi connectivity index (χ2n) is 3.67. The number of rotatable bonds is 2. The van der Waals surface area contributed by atoms with Gasteiger partial charge in [-0.15, -0.1) is 0 Å². The monoisotopic (exact) mass is 357 g/mol. The van der Waals surface area contributed by atoms with Crippen LogP contribution in [0.15, 0.2) is 29.2 Å². The maximum Gasteiger partial charge on any atom is 0.270 e. The fourth-order valence-corrected chi connectivity index (χ4v) is 1.77. The van der Waals surface area contributed by atoms with Crippen LogP contribution in [0.1, 0.15) is 5.56 Å². The normalized spacial score (nSPS) is 10.3. The first-order valence-electron chi connectivity index (χ1n) is 4.99. The van der Waals surface area contributed by atoms with Crippen LogP contribution >= 0.6 is 22.6 Å². The summed E-state index contributed by atoms with van der Waals surface area (Å²) in [4.78, 5) is 28.4. The summed E-state index contributed by atoms with van der Waals surface area (Å²) in [7, 11) is 0. The van der Waals surface area contributed by atoms with E-state index < -0.39 is 4.92 Å². The predicted octanol–water partition coefficient (Wildman–Crippen LogP) is 2.26. The Labute approximate surface area is 115 Å². The van der Waals surface area contributed by atoms with Crippen molar-refractivity contribution in [3.63, 3.8) is 0 Å². The minimum atomic E-state index is -0.478. The number of benzene rings is 1. The van der Waals surface area contributed by atoms with Gasteiger partial charge in [0.25, 0.3) is 11.2 Å². The maximum absolute atomic E-state index is 11.5. The van der Waals surface area contributed by atoms with Crippen molar-refractivity contribution in [1.29, 1.82) is 0 Å². The van der Waals surface area contributed by atoms with Crippen molar-refractivity contribution < 1.29 is 4.92 Å². The summed E-state index contributed by atoms with van der Waals surface area (Å²) in [5, 5.41) is 10.7. The molecular formula is C11H8IN3O3. The van der Waals surface area contributed by atoms with Gasteiger partial charge >= 0.3 is 0 Å². The number of non-ortho nitro benzene ring substituents is 1. The summed E-state index contributed by atoms with van der Waals surface area (Å²) in [6.07, 6.45) is 1.44. The highest BCUT2D eigenvalue weighted by molar-refractivity contribution is 14.1. The third-order valence-corrected chi connectivity index (χ3v) is 3.21. The van der Waals surface area contributed by atoms with E-state index in [2.05, 4.69) is 9.97 Å². The van der Waals surface area contributed by atoms with Gasteiger partial charge in [-0.1, -0.05) is 6.07 Å². The molecule has 0 saturated heterocycles. The molecule has 92 valence electrons. The molecule has 0 atom stereocenters. The van der Waals surface area contributed by atoms with Crippen LogP contribution in [0.5, 0.6) is 0 Å². The third-order valence-electron chi connectivity index (χ3n) is 2.44. The zero-order chi connectivity index (χ0) is 13.3. The highest BCUT2D eigenvalue weighted by Gasteiger charge is 2.12. The number of hydrogen-bond donors (Lipinski definition) is 1. The molecular weight excluding hydrogens is 349 g/mol. The molecule has 6 nitrogen and oxygen atoms in total. The Kier molecular flexibility index (Phi) is 3.41. The summed E-state index contributed by atoms with van der Waals surface area (Å²) in [6.45, 7) is 1.80. The molecule has 0 radical (unpaired) electrons. The highest BCUT2D eigenvalue weighted by atomic mass is 127. The van der Waals surface area contributed by atoms with Crippen molar-refractivity contribution >= 4 is 28.3 Å². The molecule has 1 aromatic heterocycles. The summed E-state index contributed by atoms with van der Waals surface area (Å²) < 4.78 is 0.472. The van der Waals surface area contributed by atoms with Crippen LogP contribution in [0.2, 0.25) is 0 Å². The summed E-state index contributed by atoms with van der Waals surface area (Å²) in [6, 6.07) is 4.45. The summed E-state index contributed by atoms with van der Waals surface area (Å²) in [5.74, 6) is 0.335. The highest BCUT2D eigenvalue weighted by Crippen LogP contribution is 2.24. The van der Waals surface area contributed by atoms with Gasteiger partial charge in [0.1, 0.15) is 5.82 Å². The van der Waals surface area contributed by atoms with Gasteiger partial charge in [0.15, 0.2) is 0 Å². The average molecular weight is 357 g/mol. The van der Waals surface area contributed by atoms with E-state index in [-0.39, 0.29) is 11.2 Å². The molecule has 7 heteroatoms. The number of nitro groups is 1. The van der Waals surface area contributed by atoms with Gasteiger partial charge in [0, 0.05) is 23.9 Å². The SMILES string of the molecule is Cc1ccc([N+](=O)[O-])cc1-c1ncc(I)c(=O)[nH]1. The molecule has 2 rings (SSSR count). The number of nitrogens with zero attached hydrogens (tertiary/aromatic N) is 2. The van der Waals surface area contributed by atoms with Crippen LogP contribution < -0.4 is 5.56 Å². The Morgan fingerprint density at radius 1 is 1.44 bits per heavy atom. The molecule has 18 heavy (non-hydrogen) atoms. The van der Waals surface area contributed by atoms with Gasteiger partial charge in [0.2, 0.25) is 0 Å². The van der Waals surface area contributed by atoms with E-state index in [1.165, 1.54) is 18.3 Å². The Morgan fingerprint density at radius 3 is 2.78 bits per heavy atom. The van der Waals surface area contributed by atoms with Crippen LogP contribution in [-0.2, 0) is 0 Å². The minimum Gasteiger partial charge on any atom is -0.306 e. The van der Waals surface area contributed by atoms with E-state index in [9.17, 15) is 14.9 Å². The molecule has 0 bridgehead atoms. The topological polar surface area (TPSA) is 88.9 Å². The van der Waals surface area contributed by atoms with Crippen molar-refractivity contribution in [2.24, 2.45) is 0 Å². The molecule has 0 spiro atoms. The van der Waals surface area contributed by atoms with Crippen molar-refractivity contribution in [3.8, 4) is 11.4 Å². The van der Waals surface area contributed by atoms with Gasteiger partial charge in [-0.3, -0.25) is 14.9 Å². The minimum absolute atomic E-state index is 0.0307. The van der Waals surface area contributed by atoms with Gasteiger partial charge in [0.05, 0.1) is 8.49 Å². The van der Waals surface area contributed by atoms with Gasteiger partial charge < -0.3 is 4.98 Å². The van der Waals surface area contributed by atoms with Gasteiger partial charge in [-0.05, 0) is 35.1 Å². The quantitative estimate of drug-likeness (QED) is 0.507. The molecule has 2 aromatic rings. The molecule has 1 aromatic carbocycles. The van der Waals surface area contributed by atoms with Gasteiger partial charge in [-0.2, -0.15) is 0 Å². The molecule has 0 fully saturated rings. The molecule has 1 N–H and O–H groups in total. The van der Waals surface area contributed by atoms with Crippen LogP contribution in [0.4, 0.5) is 5.69 Å². The van der Waals surface area contributed by atoms with E-state index in [0.717, 1.165) is 5.56 Å². The largest absolute Gasteiger partial charge is 0.306 e. The van der Waals surface area contributed by atoms with Crippen molar-refractivity contribution in [2.45, 2.75) is 6.92 Å². The lowest BCUT2D eigenvalue weighted by atomic mass is 10.1. The standard InChI is InChI=1S/C11H8IN3O3/c1-6-2-3-7(15(17)18)4-8(6)10-13-5-9(12)11(16)14-10/h2-5H,1H3,(H,13,14,16). The Hall–Kier alpha value is -1.77. The molecule has 0 aliphatic carbocycles. The van der Waals surface area contributed by atoms with E-state index >= 15 is 0 Å². The molecule has 0 aliphatic heterocycles. The predicted molar refractivity (Wildman–Crippen MR) is 74.4 cm³/mol. The Balaban J connectivity index is 2.62. The fraction of sp³-hybridized carbons (Fsp3) is 0.0909. The lowest BCUT2D eigenvalue weighted by Crippen LogP contribution is -2.11. The number of nitro benzene ring substituents is 1. The number of hydrogen-bond acceptors (Lipinski definition) is 4. The van der Waals surface area contributed by atoms with Crippen LogP contribution in [0.3, 0.4) is 0 Å². The average Bonchev–Trinajstić information content (AvgIpc) is 2.33. The Bertz CT molecular complexity index is 681. The third kappa shape index (κ3) is 2.40. The lowest BCUT2D eigenvalue weighted by Gasteiger charge is -2.04. The summed E-state index contributed by atoms with van der Waals surface area (Å²) in [5.41, 5.74) is 1.07. The first-order valence-corrected chi connectivity index (χ1v) is 6.07. The second kappa shape index (κ2) is 4.84. The van der Waals surface area contributed by atoms with E-state index in [1.54, 1.807) is 13.0 Å². The fourth-order valence-electron chi connectivity index (χ4n) is 1.49. The van der Waals surface area contributed by atoms with Crippen LogP contribution in [-0.4, -0.2) is 14.9 Å². The molecule has 0 saturated carbocycles. The maximum atomic E-state index is 11.5. The molecule has 0 unspecified atom stereocenters. The smallest absolute Gasteiger partial charge is 0.270 e. The number of halogens is 1. The van der Waals surface area contributed by atoms with Crippen LogP contribution in [0.25, 0.3) is 11.4 Å². The van der Waals surface area contributed by atoms with E-state index in [4.69, 9.17) is 0 Å². The van der Waals surface area contributed by atoms with Crippen molar-refractivity contribution in [2.75, 3.05) is 0 Å². The number of H-pyrrole nitrogens is 1. The van der Waals surface area contributed by atoms with Crippen molar-refractivity contribution in [3.05, 3.63) is 54.0 Å². The number of aryl methyl sites for hydroxylation is 1. The van der Waals surface area contributed by atoms with Crippen molar-refractivity contribution in [1.82, 2.24) is 9.97 Å². The Morgan fingerprint density at radius 2 is 2.17 bits per heavy atom. The summed E-state index contributed by atoms with van der Waals surface area (Å²) >= 11 is 1.87. The molecule has 0 aliphatic rings. The number of aromatic amines is 1.